The van der Waals surface area contributed by atoms with Crippen molar-refractivity contribution < 1.29 is 38.1 Å². The molecule has 0 aromatic carbocycles. The molecule has 6 rings (SSSR count). The third kappa shape index (κ3) is 19.4. The lowest BCUT2D eigenvalue weighted by molar-refractivity contribution is -0.146. The number of esters is 4. The van der Waals surface area contributed by atoms with Gasteiger partial charge < -0.3 is 18.9 Å². The van der Waals surface area contributed by atoms with Gasteiger partial charge in [-0.1, -0.05) is 156 Å². The minimum atomic E-state index is -0.325. The van der Waals surface area contributed by atoms with Crippen LogP contribution in [0.3, 0.4) is 0 Å². The summed E-state index contributed by atoms with van der Waals surface area (Å²) in [4.78, 5) is 49.9. The van der Waals surface area contributed by atoms with Crippen molar-refractivity contribution in [2.24, 2.45) is 88.8 Å². The minimum Gasteiger partial charge on any atom is -0.465 e. The summed E-state index contributed by atoms with van der Waals surface area (Å²) in [5.41, 5.74) is 0.474. The molecule has 6 fully saturated rings. The van der Waals surface area contributed by atoms with E-state index in [0.29, 0.717) is 98.1 Å². The molecule has 15 atom stereocenters. The van der Waals surface area contributed by atoms with Crippen LogP contribution in [0.2, 0.25) is 0 Å². The van der Waals surface area contributed by atoms with Crippen LogP contribution >= 0.6 is 0 Å². The Bertz CT molecular complexity index is 1690. The van der Waals surface area contributed by atoms with Crippen molar-refractivity contribution in [1.29, 1.82) is 0 Å². The molecule has 8 heteroatoms. The number of hydrogen-bond donors (Lipinski definition) is 0. The third-order valence-corrected chi connectivity index (χ3v) is 20.7. The smallest absolute Gasteiger partial charge is 0.333 e. The molecule has 0 radical (unpaired) electrons. The highest BCUT2D eigenvalue weighted by molar-refractivity contribution is 5.86. The maximum absolute atomic E-state index is 13.1. The zero-order valence-electron chi connectivity index (χ0n) is 48.0. The fourth-order valence-corrected chi connectivity index (χ4v) is 16.8. The Morgan fingerprint density at radius 3 is 1.59 bits per heavy atom. The Morgan fingerprint density at radius 2 is 1.00 bits per heavy atom. The van der Waals surface area contributed by atoms with E-state index < -0.39 is 0 Å². The normalized spacial score (nSPS) is 32.1. The molecule has 6 aliphatic rings. The summed E-state index contributed by atoms with van der Waals surface area (Å²) < 4.78 is 23.0. The first kappa shape index (κ1) is 60.6. The highest BCUT2D eigenvalue weighted by Crippen LogP contribution is 2.62. The van der Waals surface area contributed by atoms with E-state index in [9.17, 15) is 19.2 Å². The highest BCUT2D eigenvalue weighted by atomic mass is 16.5. The molecule has 0 heterocycles. The van der Waals surface area contributed by atoms with Gasteiger partial charge in [0.25, 0.3) is 0 Å². The summed E-state index contributed by atoms with van der Waals surface area (Å²) in [7, 11) is 0. The molecular weight excluding hydrogens is 921 g/mol. The highest BCUT2D eigenvalue weighted by Gasteiger charge is 2.56. The second-order valence-electron chi connectivity index (χ2n) is 26.1. The minimum absolute atomic E-state index is 0.00293. The number of ether oxygens (including phenoxy) is 4. The number of fused-ring (bicyclic) bond motifs is 7. The number of carbonyl (C=O) groups excluding carboxylic acids is 4. The monoisotopic (exact) mass is 1030 g/mol. The maximum atomic E-state index is 13.1. The van der Waals surface area contributed by atoms with Gasteiger partial charge in [-0.05, 0) is 186 Å². The summed E-state index contributed by atoms with van der Waals surface area (Å²) in [6.07, 6.45) is 44.0. The van der Waals surface area contributed by atoms with Gasteiger partial charge in [-0.25, -0.2) is 9.59 Å². The molecule has 74 heavy (non-hydrogen) atoms. The number of carbonyl (C=O) groups is 4. The number of rotatable bonds is 36. The molecule has 0 aromatic heterocycles. The van der Waals surface area contributed by atoms with E-state index in [1.54, 1.807) is 6.92 Å². The third-order valence-electron chi connectivity index (χ3n) is 20.7. The van der Waals surface area contributed by atoms with Crippen LogP contribution in [0.4, 0.5) is 0 Å². The van der Waals surface area contributed by atoms with Crippen molar-refractivity contribution in [1.82, 2.24) is 0 Å². The van der Waals surface area contributed by atoms with Crippen molar-refractivity contribution in [2.45, 2.75) is 252 Å². The first-order valence-electron chi connectivity index (χ1n) is 31.9. The largest absolute Gasteiger partial charge is 0.465 e. The standard InChI is InChI=1S/C66H110O8/c1-7-10-12-14-15-21-27-53-35-34-52(26-20-13-11-8-2)57(28-22-16-18-24-30-64(68)72-45-55-37-49-32-33-50(43-71-63(67)9-3)36-48(6)59(55)38-49)58(53)29-23-17-19-25-31-65(69)73-46-56-41-54-42-61(56)62-40-51(39-60(54)62)44-74-66(70)47(4)5/h9,48-62H,3-4,7-8,10-46H2,1-2,5-6H3. The Labute approximate surface area is 452 Å². The van der Waals surface area contributed by atoms with E-state index in [0.717, 1.165) is 86.9 Å². The van der Waals surface area contributed by atoms with Gasteiger partial charge in [-0.15, -0.1) is 0 Å². The van der Waals surface area contributed by atoms with Gasteiger partial charge in [0.2, 0.25) is 0 Å². The summed E-state index contributed by atoms with van der Waals surface area (Å²) in [6.45, 7) is 18.2. The van der Waals surface area contributed by atoms with Crippen LogP contribution in [0.15, 0.2) is 24.8 Å². The Balaban J connectivity index is 0.908. The van der Waals surface area contributed by atoms with Crippen LogP contribution in [-0.4, -0.2) is 50.3 Å². The summed E-state index contributed by atoms with van der Waals surface area (Å²) >= 11 is 0. The van der Waals surface area contributed by atoms with E-state index in [1.807, 2.05) is 0 Å². The molecular formula is C66H110O8. The lowest BCUT2D eigenvalue weighted by Crippen LogP contribution is -2.35. The average Bonchev–Trinajstić information content (AvgIpc) is 4.20. The van der Waals surface area contributed by atoms with Gasteiger partial charge in [0, 0.05) is 24.5 Å². The second kappa shape index (κ2) is 32.9. The van der Waals surface area contributed by atoms with Crippen molar-refractivity contribution in [3.63, 3.8) is 0 Å². The molecule has 0 saturated heterocycles. The van der Waals surface area contributed by atoms with Crippen LogP contribution in [0, 0.1) is 88.8 Å². The van der Waals surface area contributed by atoms with Gasteiger partial charge in [-0.3, -0.25) is 9.59 Å². The van der Waals surface area contributed by atoms with Crippen LogP contribution in [0.1, 0.15) is 252 Å². The number of hydrogen-bond acceptors (Lipinski definition) is 8. The van der Waals surface area contributed by atoms with E-state index >= 15 is 0 Å². The van der Waals surface area contributed by atoms with E-state index in [-0.39, 0.29) is 23.9 Å². The van der Waals surface area contributed by atoms with E-state index in [2.05, 4.69) is 33.9 Å². The molecule has 422 valence electrons. The van der Waals surface area contributed by atoms with Crippen LogP contribution in [-0.2, 0) is 38.1 Å². The Kier molecular flexibility index (Phi) is 27.0. The molecule has 6 aliphatic carbocycles. The molecule has 0 amide bonds. The summed E-state index contributed by atoms with van der Waals surface area (Å²) in [5.74, 6) is 9.26. The quantitative estimate of drug-likeness (QED) is 0.0264. The van der Waals surface area contributed by atoms with Gasteiger partial charge in [0.1, 0.15) is 0 Å². The van der Waals surface area contributed by atoms with E-state index in [4.69, 9.17) is 18.9 Å². The zero-order valence-corrected chi connectivity index (χ0v) is 48.0. The molecule has 0 spiro atoms. The van der Waals surface area contributed by atoms with Crippen LogP contribution < -0.4 is 0 Å². The predicted molar refractivity (Wildman–Crippen MR) is 300 cm³/mol. The first-order chi connectivity index (χ1) is 36.0. The van der Waals surface area contributed by atoms with Crippen molar-refractivity contribution in [2.75, 3.05) is 26.4 Å². The van der Waals surface area contributed by atoms with Crippen LogP contribution in [0.5, 0.6) is 0 Å². The Hall–Kier alpha value is -2.64. The molecule has 6 saturated carbocycles. The van der Waals surface area contributed by atoms with Crippen molar-refractivity contribution >= 4 is 23.9 Å². The van der Waals surface area contributed by atoms with Gasteiger partial charge >= 0.3 is 23.9 Å². The summed E-state index contributed by atoms with van der Waals surface area (Å²) in [5, 5.41) is 0. The molecule has 15 unspecified atom stereocenters. The fourth-order valence-electron chi connectivity index (χ4n) is 16.8. The average molecular weight is 1030 g/mol. The molecule has 0 aliphatic heterocycles. The molecule has 8 nitrogen and oxygen atoms in total. The maximum Gasteiger partial charge on any atom is 0.333 e. The number of unbranched alkanes of at least 4 members (excludes halogenated alkanes) is 14. The van der Waals surface area contributed by atoms with Crippen LogP contribution in [0.25, 0.3) is 0 Å². The van der Waals surface area contributed by atoms with Gasteiger partial charge in [-0.2, -0.15) is 0 Å². The zero-order chi connectivity index (χ0) is 52.7. The Morgan fingerprint density at radius 1 is 0.473 bits per heavy atom. The molecule has 0 aromatic rings. The topological polar surface area (TPSA) is 105 Å². The first-order valence-corrected chi connectivity index (χ1v) is 31.9. The van der Waals surface area contributed by atoms with Gasteiger partial charge in [0.05, 0.1) is 26.4 Å². The molecule has 4 bridgehead atoms. The van der Waals surface area contributed by atoms with Crippen molar-refractivity contribution in [3.05, 3.63) is 24.8 Å². The second-order valence-corrected chi connectivity index (χ2v) is 26.1. The molecule has 0 N–H and O–H groups in total. The van der Waals surface area contributed by atoms with Gasteiger partial charge in [0.15, 0.2) is 0 Å². The van der Waals surface area contributed by atoms with Crippen molar-refractivity contribution in [3.8, 4) is 0 Å². The fraction of sp³-hybridized carbons (Fsp3) is 0.879. The lowest BCUT2D eigenvalue weighted by Gasteiger charge is -2.44. The lowest BCUT2D eigenvalue weighted by atomic mass is 9.61. The van der Waals surface area contributed by atoms with E-state index in [1.165, 1.54) is 167 Å². The predicted octanol–water partition coefficient (Wildman–Crippen LogP) is 17.0. The SMILES string of the molecule is C=CC(=O)OCC1CCC2CC(COC(=O)CCCCCCC3C(CCCCCC)CCC(CCCCCCCC)C3CCCCCCC(=O)OCC3CC4CC3C3CC(COC(=O)C(=C)C)CC43)C(C2)C(C)C1. The summed E-state index contributed by atoms with van der Waals surface area (Å²) in [6, 6.07) is 0.